The van der Waals surface area contributed by atoms with Gasteiger partial charge in [-0.1, -0.05) is 30.3 Å². The Morgan fingerprint density at radius 3 is 2.50 bits per heavy atom. The summed E-state index contributed by atoms with van der Waals surface area (Å²) in [5, 5.41) is 7.03. The van der Waals surface area contributed by atoms with Crippen molar-refractivity contribution in [1.29, 1.82) is 0 Å². The van der Waals surface area contributed by atoms with Crippen molar-refractivity contribution in [1.82, 2.24) is 0 Å². The van der Waals surface area contributed by atoms with Crippen LogP contribution in [0.3, 0.4) is 0 Å². The Hall–Kier alpha value is -1.96. The third kappa shape index (κ3) is 5.30. The van der Waals surface area contributed by atoms with Gasteiger partial charge in [0.2, 0.25) is 10.0 Å². The van der Waals surface area contributed by atoms with E-state index in [1.54, 1.807) is 18.2 Å². The number of sulfonamides is 1. The lowest BCUT2D eigenvalue weighted by atomic mass is 10.2. The highest BCUT2D eigenvalue weighted by Crippen LogP contribution is 2.25. The Labute approximate surface area is 147 Å². The molecule has 0 aliphatic rings. The van der Waals surface area contributed by atoms with Crippen molar-refractivity contribution in [3.63, 3.8) is 0 Å². The summed E-state index contributed by atoms with van der Waals surface area (Å²) >= 11 is 1.25. The minimum atomic E-state index is -3.76. The first-order valence-corrected chi connectivity index (χ1v) is 9.76. The summed E-state index contributed by atoms with van der Waals surface area (Å²) in [6, 6.07) is 14.2. The molecule has 128 valence electrons. The van der Waals surface area contributed by atoms with E-state index in [-0.39, 0.29) is 11.0 Å². The maximum absolute atomic E-state index is 11.5. The number of hydrogen-bond donors (Lipinski definition) is 2. The molecule has 2 rings (SSSR count). The number of rotatable bonds is 7. The van der Waals surface area contributed by atoms with Crippen molar-refractivity contribution >= 4 is 33.7 Å². The molecule has 0 saturated heterocycles. The number of primary sulfonamides is 1. The molecule has 0 atom stereocenters. The second-order valence-electron chi connectivity index (χ2n) is 5.27. The van der Waals surface area contributed by atoms with E-state index in [4.69, 9.17) is 9.88 Å². The summed E-state index contributed by atoms with van der Waals surface area (Å²) < 4.78 is 31.8. The van der Waals surface area contributed by atoms with E-state index in [2.05, 4.69) is 4.72 Å². The maximum atomic E-state index is 11.5. The van der Waals surface area contributed by atoms with Crippen LogP contribution in [0.15, 0.2) is 58.8 Å². The molecular formula is C17H20N2O3S2. The van der Waals surface area contributed by atoms with E-state index in [0.29, 0.717) is 5.69 Å². The molecule has 0 aromatic heterocycles. The van der Waals surface area contributed by atoms with Crippen molar-refractivity contribution in [2.45, 2.75) is 24.8 Å². The largest absolute Gasteiger partial charge is 0.490 e. The van der Waals surface area contributed by atoms with Gasteiger partial charge in [0.15, 0.2) is 0 Å². The summed E-state index contributed by atoms with van der Waals surface area (Å²) in [6.07, 6.45) is 1.99. The Kier molecular flexibility index (Phi) is 6.30. The molecule has 7 heteroatoms. The van der Waals surface area contributed by atoms with Crippen LogP contribution in [0.4, 0.5) is 5.69 Å². The van der Waals surface area contributed by atoms with E-state index in [9.17, 15) is 8.42 Å². The number of nitrogens with two attached hydrogens (primary N) is 1. The number of para-hydroxylation sites is 2. The van der Waals surface area contributed by atoms with Crippen LogP contribution in [-0.4, -0.2) is 14.5 Å². The first-order chi connectivity index (χ1) is 11.4. The van der Waals surface area contributed by atoms with Gasteiger partial charge < -0.3 is 9.46 Å². The van der Waals surface area contributed by atoms with Gasteiger partial charge in [-0.3, -0.25) is 0 Å². The zero-order valence-electron chi connectivity index (χ0n) is 13.5. The molecule has 0 aliphatic carbocycles. The zero-order chi connectivity index (χ0) is 17.6. The highest BCUT2D eigenvalue weighted by atomic mass is 32.2. The molecule has 24 heavy (non-hydrogen) atoms. The zero-order valence-corrected chi connectivity index (χ0v) is 15.1. The number of ether oxygens (including phenoxy) is 1. The van der Waals surface area contributed by atoms with Crippen LogP contribution in [0.2, 0.25) is 0 Å². The summed E-state index contributed by atoms with van der Waals surface area (Å²) in [6.45, 7) is 3.95. The van der Waals surface area contributed by atoms with E-state index < -0.39 is 10.0 Å². The molecule has 0 unspecified atom stereocenters. The van der Waals surface area contributed by atoms with Crippen LogP contribution in [0.25, 0.3) is 6.08 Å². The van der Waals surface area contributed by atoms with Gasteiger partial charge in [-0.2, -0.15) is 0 Å². The fourth-order valence-electron chi connectivity index (χ4n) is 1.98. The first-order valence-electron chi connectivity index (χ1n) is 7.33. The molecular weight excluding hydrogens is 344 g/mol. The molecule has 2 aromatic carbocycles. The summed E-state index contributed by atoms with van der Waals surface area (Å²) in [7, 11) is -3.76. The van der Waals surface area contributed by atoms with Gasteiger partial charge in [0, 0.05) is 5.56 Å². The Morgan fingerprint density at radius 1 is 1.12 bits per heavy atom. The molecule has 2 aromatic rings. The van der Waals surface area contributed by atoms with Crippen LogP contribution < -0.4 is 14.6 Å². The SMILES string of the molecule is CC(C)Oc1ccccc1/C=C/SNc1ccccc1S(N)(=O)=O. The van der Waals surface area contributed by atoms with Crippen molar-refractivity contribution in [2.24, 2.45) is 5.14 Å². The van der Waals surface area contributed by atoms with Crippen molar-refractivity contribution < 1.29 is 13.2 Å². The van der Waals surface area contributed by atoms with Crippen molar-refractivity contribution in [3.05, 3.63) is 59.5 Å². The topological polar surface area (TPSA) is 81.4 Å². The summed E-state index contributed by atoms with van der Waals surface area (Å²) in [5.41, 5.74) is 1.39. The average Bonchev–Trinajstić information content (AvgIpc) is 2.52. The number of hydrogen-bond acceptors (Lipinski definition) is 5. The predicted octanol–water partition coefficient (Wildman–Crippen LogP) is 3.85. The van der Waals surface area contributed by atoms with Gasteiger partial charge in [0.05, 0.1) is 11.8 Å². The third-order valence-corrected chi connectivity index (χ3v) is 4.54. The van der Waals surface area contributed by atoms with Crippen molar-refractivity contribution in [2.75, 3.05) is 4.72 Å². The number of anilines is 1. The van der Waals surface area contributed by atoms with E-state index in [0.717, 1.165) is 11.3 Å². The standard InChI is InChI=1S/C17H20N2O3S2/c1-13(2)22-16-9-5-3-7-14(16)11-12-23-19-15-8-4-6-10-17(15)24(18,20)21/h3-13,19H,1-2H3,(H2,18,20,21)/b12-11+. The molecule has 0 bridgehead atoms. The molecule has 0 saturated carbocycles. The monoisotopic (exact) mass is 364 g/mol. The second-order valence-corrected chi connectivity index (χ2v) is 7.51. The summed E-state index contributed by atoms with van der Waals surface area (Å²) in [5.74, 6) is 0.800. The maximum Gasteiger partial charge on any atom is 0.240 e. The molecule has 0 heterocycles. The molecule has 5 nitrogen and oxygen atoms in total. The average molecular weight is 364 g/mol. The highest BCUT2D eigenvalue weighted by molar-refractivity contribution is 8.03. The molecule has 3 N–H and O–H groups in total. The predicted molar refractivity (Wildman–Crippen MR) is 100 cm³/mol. The Balaban J connectivity index is 2.07. The number of benzene rings is 2. The number of nitrogens with one attached hydrogen (secondary N) is 1. The van der Waals surface area contributed by atoms with E-state index in [1.807, 2.05) is 49.6 Å². The Morgan fingerprint density at radius 2 is 1.79 bits per heavy atom. The molecule has 0 radical (unpaired) electrons. The van der Waals surface area contributed by atoms with Gasteiger partial charge in [0.1, 0.15) is 10.6 Å². The molecule has 0 spiro atoms. The smallest absolute Gasteiger partial charge is 0.240 e. The van der Waals surface area contributed by atoms with Crippen LogP contribution in [0.1, 0.15) is 19.4 Å². The van der Waals surface area contributed by atoms with Crippen LogP contribution in [0.5, 0.6) is 5.75 Å². The van der Waals surface area contributed by atoms with Crippen LogP contribution in [0, 0.1) is 0 Å². The lowest BCUT2D eigenvalue weighted by Gasteiger charge is -2.12. The lowest BCUT2D eigenvalue weighted by molar-refractivity contribution is 0.242. The van der Waals surface area contributed by atoms with Gasteiger partial charge in [0.25, 0.3) is 0 Å². The van der Waals surface area contributed by atoms with Gasteiger partial charge in [-0.05, 0) is 55.5 Å². The van der Waals surface area contributed by atoms with Gasteiger partial charge >= 0.3 is 0 Å². The third-order valence-electron chi connectivity index (χ3n) is 2.96. The molecule has 0 amide bonds. The minimum Gasteiger partial charge on any atom is -0.490 e. The van der Waals surface area contributed by atoms with Gasteiger partial charge in [-0.15, -0.1) is 0 Å². The second kappa shape index (κ2) is 8.23. The van der Waals surface area contributed by atoms with E-state index >= 15 is 0 Å². The normalized spacial score (nSPS) is 11.8. The molecule has 0 fully saturated rings. The highest BCUT2D eigenvalue weighted by Gasteiger charge is 2.12. The summed E-state index contributed by atoms with van der Waals surface area (Å²) in [4.78, 5) is 0.0643. The Bertz CT molecular complexity index is 818. The lowest BCUT2D eigenvalue weighted by Crippen LogP contribution is -2.13. The fraction of sp³-hybridized carbons (Fsp3) is 0.176. The van der Waals surface area contributed by atoms with E-state index in [1.165, 1.54) is 18.0 Å². The first kappa shape index (κ1) is 18.4. The van der Waals surface area contributed by atoms with Crippen molar-refractivity contribution in [3.8, 4) is 5.75 Å². The minimum absolute atomic E-state index is 0.0643. The van der Waals surface area contributed by atoms with Crippen LogP contribution in [-0.2, 0) is 10.0 Å². The molecule has 0 aliphatic heterocycles. The van der Waals surface area contributed by atoms with Crippen LogP contribution >= 0.6 is 11.9 Å². The fourth-order valence-corrected chi connectivity index (χ4v) is 3.33. The quantitative estimate of drug-likeness (QED) is 0.729. The van der Waals surface area contributed by atoms with Gasteiger partial charge in [-0.25, -0.2) is 13.6 Å².